The number of hydrogen-bond donors (Lipinski definition) is 0. The quantitative estimate of drug-likeness (QED) is 0.732. The van der Waals surface area contributed by atoms with Gasteiger partial charge in [0.25, 0.3) is 0 Å². The molecule has 0 unspecified atom stereocenters. The second-order valence-electron chi connectivity index (χ2n) is 3.51. The first kappa shape index (κ1) is 20.0. The minimum Gasteiger partial charge on any atom is -0.655 e. The summed E-state index contributed by atoms with van der Waals surface area (Å²) in [4.78, 5) is 0. The Morgan fingerprint density at radius 3 is 1.28 bits per heavy atom. The van der Waals surface area contributed by atoms with E-state index >= 15 is 0 Å². The maximum atomic E-state index is 4.51. The molecule has 0 atom stereocenters. The van der Waals surface area contributed by atoms with Gasteiger partial charge < -0.3 is 5.32 Å². The first-order chi connectivity index (χ1) is 7.45. The van der Waals surface area contributed by atoms with Crippen LogP contribution in [0.25, 0.3) is 5.32 Å². The van der Waals surface area contributed by atoms with Crippen molar-refractivity contribution in [2.45, 2.75) is 13.1 Å². The Morgan fingerprint density at radius 2 is 0.944 bits per heavy atom. The average Bonchev–Trinajstić information content (AvgIpc) is 2.32. The molecular weight excluding hydrogens is 301 g/mol. The van der Waals surface area contributed by atoms with Gasteiger partial charge in [0.1, 0.15) is 0 Å². The van der Waals surface area contributed by atoms with Gasteiger partial charge in [0, 0.05) is 21.7 Å². The standard InChI is InChI=1S/C14H14N.2ClH.Ti/c1-3-7-13(8-4-1)11-15-12-14-9-5-2-6-10-14;;;/h1-10H,11-12H2;2*1H;/q-1;;;. The largest absolute Gasteiger partial charge is 0.655 e. The molecule has 96 valence electrons. The Kier molecular flexibility index (Phi) is 13.1. The van der Waals surface area contributed by atoms with Crippen LogP contribution >= 0.6 is 24.8 Å². The minimum absolute atomic E-state index is 0. The molecule has 0 heterocycles. The van der Waals surface area contributed by atoms with E-state index in [0.29, 0.717) is 0 Å². The molecule has 0 aromatic heterocycles. The van der Waals surface area contributed by atoms with Crippen molar-refractivity contribution in [1.82, 2.24) is 0 Å². The summed E-state index contributed by atoms with van der Waals surface area (Å²) in [7, 11) is 0. The summed E-state index contributed by atoms with van der Waals surface area (Å²) in [6, 6.07) is 20.7. The monoisotopic (exact) mass is 316 g/mol. The van der Waals surface area contributed by atoms with E-state index in [9.17, 15) is 0 Å². The van der Waals surface area contributed by atoms with Gasteiger partial charge >= 0.3 is 0 Å². The topological polar surface area (TPSA) is 14.1 Å². The van der Waals surface area contributed by atoms with E-state index in [1.165, 1.54) is 11.1 Å². The van der Waals surface area contributed by atoms with Crippen molar-refractivity contribution >= 4 is 24.8 Å². The molecule has 0 amide bonds. The third-order valence-corrected chi connectivity index (χ3v) is 2.27. The Labute approximate surface area is 136 Å². The molecule has 2 aromatic rings. The molecule has 0 aliphatic rings. The van der Waals surface area contributed by atoms with Crippen molar-refractivity contribution in [3.63, 3.8) is 0 Å². The van der Waals surface area contributed by atoms with Crippen LogP contribution in [-0.2, 0) is 34.8 Å². The van der Waals surface area contributed by atoms with Gasteiger partial charge in [-0.05, 0) is 0 Å². The second kappa shape index (κ2) is 11.8. The van der Waals surface area contributed by atoms with Gasteiger partial charge in [0.15, 0.2) is 0 Å². The van der Waals surface area contributed by atoms with E-state index in [0.717, 1.165) is 13.1 Å². The Morgan fingerprint density at radius 1 is 0.611 bits per heavy atom. The summed E-state index contributed by atoms with van der Waals surface area (Å²) in [6.45, 7) is 1.60. The van der Waals surface area contributed by atoms with Crippen molar-refractivity contribution in [2.24, 2.45) is 0 Å². The van der Waals surface area contributed by atoms with E-state index in [1.54, 1.807) is 0 Å². The summed E-state index contributed by atoms with van der Waals surface area (Å²) in [5.74, 6) is 0. The van der Waals surface area contributed by atoms with Gasteiger partial charge in [-0.3, -0.25) is 0 Å². The molecule has 4 heteroatoms. The second-order valence-corrected chi connectivity index (χ2v) is 3.51. The number of nitrogens with zero attached hydrogens (tertiary/aromatic N) is 1. The van der Waals surface area contributed by atoms with Crippen LogP contribution < -0.4 is 0 Å². The molecule has 2 rings (SSSR count). The van der Waals surface area contributed by atoms with Crippen LogP contribution in [0.1, 0.15) is 11.1 Å². The van der Waals surface area contributed by atoms with Crippen LogP contribution in [0, 0.1) is 0 Å². The van der Waals surface area contributed by atoms with Gasteiger partial charge in [0.05, 0.1) is 0 Å². The zero-order valence-corrected chi connectivity index (χ0v) is 13.1. The minimum atomic E-state index is 0. The summed E-state index contributed by atoms with van der Waals surface area (Å²) in [5, 5.41) is 4.51. The molecular formula is C14H16Cl2NTi-. The third kappa shape index (κ3) is 7.20. The summed E-state index contributed by atoms with van der Waals surface area (Å²) >= 11 is 0. The van der Waals surface area contributed by atoms with Crippen molar-refractivity contribution in [1.29, 1.82) is 0 Å². The van der Waals surface area contributed by atoms with E-state index < -0.39 is 0 Å². The Bertz CT molecular complexity index is 356. The van der Waals surface area contributed by atoms with Crippen molar-refractivity contribution in [2.75, 3.05) is 0 Å². The van der Waals surface area contributed by atoms with E-state index in [-0.39, 0.29) is 46.5 Å². The molecule has 0 N–H and O–H groups in total. The zero-order valence-electron chi connectivity index (χ0n) is 9.95. The maximum Gasteiger partial charge on any atom is 0 e. The summed E-state index contributed by atoms with van der Waals surface area (Å²) < 4.78 is 0. The Balaban J connectivity index is 0. The van der Waals surface area contributed by atoms with Gasteiger partial charge in [-0.2, -0.15) is 0 Å². The van der Waals surface area contributed by atoms with Crippen LogP contribution in [0.15, 0.2) is 60.7 Å². The molecule has 0 radical (unpaired) electrons. The smallest absolute Gasteiger partial charge is 0 e. The predicted octanol–water partition coefficient (Wildman–Crippen LogP) is 4.60. The van der Waals surface area contributed by atoms with E-state index in [2.05, 4.69) is 29.6 Å². The van der Waals surface area contributed by atoms with Crippen molar-refractivity contribution in [3.8, 4) is 0 Å². The molecule has 0 aliphatic carbocycles. The zero-order chi connectivity index (χ0) is 10.3. The first-order valence-electron chi connectivity index (χ1n) is 5.16. The summed E-state index contributed by atoms with van der Waals surface area (Å²) in [5.41, 5.74) is 2.54. The van der Waals surface area contributed by atoms with Gasteiger partial charge in [-0.25, -0.2) is 0 Å². The number of rotatable bonds is 4. The Hall–Kier alpha value is -0.306. The van der Waals surface area contributed by atoms with Crippen molar-refractivity contribution in [3.05, 3.63) is 77.1 Å². The molecule has 2 aromatic carbocycles. The van der Waals surface area contributed by atoms with E-state index in [1.807, 2.05) is 36.4 Å². The number of halogens is 2. The predicted molar refractivity (Wildman–Crippen MR) is 78.1 cm³/mol. The molecule has 0 bridgehead atoms. The summed E-state index contributed by atoms with van der Waals surface area (Å²) in [6.07, 6.45) is 0. The van der Waals surface area contributed by atoms with E-state index in [4.69, 9.17) is 0 Å². The normalized spacial score (nSPS) is 8.44. The number of hydrogen-bond acceptors (Lipinski definition) is 0. The van der Waals surface area contributed by atoms with Crippen LogP contribution in [0.2, 0.25) is 0 Å². The fraction of sp³-hybridized carbons (Fsp3) is 0.143. The molecule has 18 heavy (non-hydrogen) atoms. The molecule has 0 spiro atoms. The molecule has 0 saturated heterocycles. The molecule has 0 saturated carbocycles. The average molecular weight is 317 g/mol. The van der Waals surface area contributed by atoms with Crippen LogP contribution in [0.5, 0.6) is 0 Å². The maximum absolute atomic E-state index is 4.51. The van der Waals surface area contributed by atoms with Gasteiger partial charge in [-0.1, -0.05) is 71.8 Å². The van der Waals surface area contributed by atoms with Crippen LogP contribution in [-0.4, -0.2) is 0 Å². The SMILES string of the molecule is Cl.Cl.[Ti].c1ccc(C[N-]Cc2ccccc2)cc1. The molecule has 1 nitrogen and oxygen atoms in total. The fourth-order valence-electron chi connectivity index (χ4n) is 1.48. The third-order valence-electron chi connectivity index (χ3n) is 2.27. The molecule has 0 aliphatic heterocycles. The van der Waals surface area contributed by atoms with Crippen LogP contribution in [0.3, 0.4) is 0 Å². The van der Waals surface area contributed by atoms with Gasteiger partial charge in [0.2, 0.25) is 0 Å². The first-order valence-corrected chi connectivity index (χ1v) is 5.16. The fourth-order valence-corrected chi connectivity index (χ4v) is 1.48. The van der Waals surface area contributed by atoms with Crippen molar-refractivity contribution < 1.29 is 21.7 Å². The molecule has 0 fully saturated rings. The number of benzene rings is 2. The van der Waals surface area contributed by atoms with Crippen LogP contribution in [0.4, 0.5) is 0 Å². The van der Waals surface area contributed by atoms with Gasteiger partial charge in [-0.15, -0.1) is 37.9 Å².